The van der Waals surface area contributed by atoms with Gasteiger partial charge in [-0.1, -0.05) is 0 Å². The highest BCUT2D eigenvalue weighted by molar-refractivity contribution is 5.92. The summed E-state index contributed by atoms with van der Waals surface area (Å²) >= 11 is 0. The lowest BCUT2D eigenvalue weighted by atomic mass is 9.70. The molecule has 1 fully saturated rings. The third-order valence-corrected chi connectivity index (χ3v) is 4.95. The van der Waals surface area contributed by atoms with Crippen molar-refractivity contribution in [2.75, 3.05) is 0 Å². The van der Waals surface area contributed by atoms with Crippen molar-refractivity contribution >= 4 is 16.8 Å². The number of fused-ring (bicyclic) bond motifs is 1. The van der Waals surface area contributed by atoms with Gasteiger partial charge in [0.2, 0.25) is 5.91 Å². The molecule has 128 valence electrons. The van der Waals surface area contributed by atoms with Crippen molar-refractivity contribution in [3.8, 4) is 11.3 Å². The molecule has 6 heteroatoms. The lowest BCUT2D eigenvalue weighted by molar-refractivity contribution is -0.124. The van der Waals surface area contributed by atoms with Gasteiger partial charge in [0.05, 0.1) is 11.2 Å². The molecule has 0 aliphatic heterocycles. The number of amides is 1. The van der Waals surface area contributed by atoms with Gasteiger partial charge in [-0.25, -0.2) is 13.2 Å². The Kier molecular flexibility index (Phi) is 3.56. The summed E-state index contributed by atoms with van der Waals surface area (Å²) in [4.78, 5) is 14.3. The van der Waals surface area contributed by atoms with Gasteiger partial charge in [0, 0.05) is 17.4 Å². The van der Waals surface area contributed by atoms with E-state index in [2.05, 4.69) is 4.98 Å². The highest BCUT2D eigenvalue weighted by atomic mass is 19.1. The first kappa shape index (κ1) is 15.7. The number of nitrogens with two attached hydrogens (primary N) is 1. The van der Waals surface area contributed by atoms with Crippen LogP contribution in [0.1, 0.15) is 24.3 Å². The first-order chi connectivity index (χ1) is 11.9. The van der Waals surface area contributed by atoms with Crippen LogP contribution in [0.15, 0.2) is 36.4 Å². The third kappa shape index (κ3) is 2.58. The number of carbonyl (C=O) groups excluding carboxylic acids is 1. The molecule has 0 unspecified atom stereocenters. The van der Waals surface area contributed by atoms with Crippen molar-refractivity contribution in [2.24, 2.45) is 11.7 Å². The van der Waals surface area contributed by atoms with Crippen LogP contribution in [0.5, 0.6) is 0 Å². The van der Waals surface area contributed by atoms with Crippen molar-refractivity contribution in [1.29, 1.82) is 0 Å². The van der Waals surface area contributed by atoms with Crippen LogP contribution in [0.3, 0.4) is 0 Å². The maximum atomic E-state index is 14.2. The van der Waals surface area contributed by atoms with Crippen molar-refractivity contribution in [3.63, 3.8) is 0 Å². The standard InChI is InChI=1S/C19H15F3N2O/c20-12-3-1-9(2-4-12)17-16(10-5-11(6-10)19(23)25)14-7-13(21)8-15(22)18(14)24-17/h1-4,7-8,10-11,24H,5-6H2,(H2,23,25)/t10-,11+. The minimum Gasteiger partial charge on any atom is -0.369 e. The van der Waals surface area contributed by atoms with E-state index in [4.69, 9.17) is 5.73 Å². The number of aromatic amines is 1. The monoisotopic (exact) mass is 344 g/mol. The summed E-state index contributed by atoms with van der Waals surface area (Å²) in [6, 6.07) is 7.91. The van der Waals surface area contributed by atoms with Gasteiger partial charge in [-0.05, 0) is 60.2 Å². The number of benzene rings is 2. The number of hydrogen-bond donors (Lipinski definition) is 2. The van der Waals surface area contributed by atoms with Crippen molar-refractivity contribution < 1.29 is 18.0 Å². The van der Waals surface area contributed by atoms with Gasteiger partial charge in [-0.2, -0.15) is 0 Å². The molecule has 0 spiro atoms. The van der Waals surface area contributed by atoms with Crippen molar-refractivity contribution in [2.45, 2.75) is 18.8 Å². The summed E-state index contributed by atoms with van der Waals surface area (Å²) in [5, 5.41) is 0.449. The fraction of sp³-hybridized carbons (Fsp3) is 0.211. The lowest BCUT2D eigenvalue weighted by Gasteiger charge is -2.33. The smallest absolute Gasteiger partial charge is 0.220 e. The molecule has 0 saturated heterocycles. The van der Waals surface area contributed by atoms with Crippen molar-refractivity contribution in [1.82, 2.24) is 4.98 Å². The molecule has 3 nitrogen and oxygen atoms in total. The SMILES string of the molecule is NC(=O)[C@H]1C[C@@H](c2c(-c3ccc(F)cc3)[nH]c3c(F)cc(F)cc32)C1. The molecule has 1 saturated carbocycles. The molecule has 0 atom stereocenters. The first-order valence-electron chi connectivity index (χ1n) is 8.00. The Labute approximate surface area is 141 Å². The summed E-state index contributed by atoms with van der Waals surface area (Å²) in [6.07, 6.45) is 1.07. The second kappa shape index (κ2) is 5.65. The first-order valence-corrected chi connectivity index (χ1v) is 8.00. The number of primary amides is 1. The second-order valence-electron chi connectivity index (χ2n) is 6.50. The Morgan fingerprint density at radius 2 is 1.72 bits per heavy atom. The average Bonchev–Trinajstić information content (AvgIpc) is 2.86. The summed E-state index contributed by atoms with van der Waals surface area (Å²) in [6.45, 7) is 0. The number of halogens is 3. The van der Waals surface area contributed by atoms with E-state index in [0.717, 1.165) is 11.6 Å². The Hall–Kier alpha value is -2.76. The minimum absolute atomic E-state index is 0.0347. The molecule has 25 heavy (non-hydrogen) atoms. The fourth-order valence-corrected chi connectivity index (χ4v) is 3.59. The molecule has 2 aromatic carbocycles. The second-order valence-corrected chi connectivity index (χ2v) is 6.50. The zero-order valence-electron chi connectivity index (χ0n) is 13.2. The Bertz CT molecular complexity index is 972. The molecule has 1 amide bonds. The van der Waals surface area contributed by atoms with Gasteiger partial charge in [0.15, 0.2) is 0 Å². The maximum Gasteiger partial charge on any atom is 0.220 e. The van der Waals surface area contributed by atoms with Crippen LogP contribution in [-0.4, -0.2) is 10.9 Å². The van der Waals surface area contributed by atoms with Gasteiger partial charge in [0.25, 0.3) is 0 Å². The predicted octanol–water partition coefficient (Wildman–Crippen LogP) is 4.23. The van der Waals surface area contributed by atoms with E-state index in [1.807, 2.05) is 0 Å². The number of aromatic nitrogens is 1. The number of hydrogen-bond acceptors (Lipinski definition) is 1. The Balaban J connectivity index is 1.89. The Morgan fingerprint density at radius 3 is 2.36 bits per heavy atom. The van der Waals surface area contributed by atoms with Gasteiger partial charge >= 0.3 is 0 Å². The highest BCUT2D eigenvalue weighted by Crippen LogP contribution is 2.48. The summed E-state index contributed by atoms with van der Waals surface area (Å²) in [5.74, 6) is -2.35. The van der Waals surface area contributed by atoms with E-state index >= 15 is 0 Å². The molecular weight excluding hydrogens is 329 g/mol. The zero-order chi connectivity index (χ0) is 17.7. The molecule has 4 rings (SSSR count). The average molecular weight is 344 g/mol. The molecule has 1 aliphatic carbocycles. The summed E-state index contributed by atoms with van der Waals surface area (Å²) in [7, 11) is 0. The Morgan fingerprint density at radius 1 is 1.04 bits per heavy atom. The highest BCUT2D eigenvalue weighted by Gasteiger charge is 2.37. The van der Waals surface area contributed by atoms with Crippen LogP contribution in [0, 0.1) is 23.4 Å². The van der Waals surface area contributed by atoms with E-state index in [-0.39, 0.29) is 29.1 Å². The number of carbonyl (C=O) groups is 1. The van der Waals surface area contributed by atoms with Crippen LogP contribution in [0.25, 0.3) is 22.2 Å². The van der Waals surface area contributed by atoms with Gasteiger partial charge in [0.1, 0.15) is 17.5 Å². The number of H-pyrrole nitrogens is 1. The molecular formula is C19H15F3N2O. The van der Waals surface area contributed by atoms with Crippen LogP contribution in [-0.2, 0) is 4.79 Å². The number of rotatable bonds is 3. The maximum absolute atomic E-state index is 14.2. The lowest BCUT2D eigenvalue weighted by Crippen LogP contribution is -2.34. The summed E-state index contributed by atoms with van der Waals surface area (Å²) < 4.78 is 41.2. The van der Waals surface area contributed by atoms with Crippen molar-refractivity contribution in [3.05, 3.63) is 59.4 Å². The zero-order valence-corrected chi connectivity index (χ0v) is 13.2. The molecule has 1 aromatic heterocycles. The van der Waals surface area contributed by atoms with Crippen LogP contribution >= 0.6 is 0 Å². The molecule has 3 N–H and O–H groups in total. The van der Waals surface area contributed by atoms with E-state index in [0.29, 0.717) is 29.5 Å². The molecule has 3 aromatic rings. The third-order valence-electron chi connectivity index (χ3n) is 4.95. The molecule has 0 bridgehead atoms. The van der Waals surface area contributed by atoms with Gasteiger partial charge in [-0.3, -0.25) is 4.79 Å². The molecule has 0 radical (unpaired) electrons. The molecule has 1 heterocycles. The van der Waals surface area contributed by atoms with E-state index < -0.39 is 11.6 Å². The van der Waals surface area contributed by atoms with Gasteiger partial charge < -0.3 is 10.7 Å². The normalized spacial score (nSPS) is 19.8. The van der Waals surface area contributed by atoms with E-state index in [1.54, 1.807) is 12.1 Å². The van der Waals surface area contributed by atoms with Crippen LogP contribution in [0.4, 0.5) is 13.2 Å². The van der Waals surface area contributed by atoms with E-state index in [9.17, 15) is 18.0 Å². The molecule has 1 aliphatic rings. The summed E-state index contributed by atoms with van der Waals surface area (Å²) in [5.41, 5.74) is 7.58. The van der Waals surface area contributed by atoms with Crippen LogP contribution < -0.4 is 5.73 Å². The minimum atomic E-state index is -0.685. The fourth-order valence-electron chi connectivity index (χ4n) is 3.59. The number of nitrogens with one attached hydrogen (secondary N) is 1. The van der Waals surface area contributed by atoms with E-state index in [1.165, 1.54) is 18.2 Å². The quantitative estimate of drug-likeness (QED) is 0.734. The largest absolute Gasteiger partial charge is 0.369 e. The predicted molar refractivity (Wildman–Crippen MR) is 88.3 cm³/mol. The van der Waals surface area contributed by atoms with Gasteiger partial charge in [-0.15, -0.1) is 0 Å². The topological polar surface area (TPSA) is 58.9 Å². The van der Waals surface area contributed by atoms with Crippen LogP contribution in [0.2, 0.25) is 0 Å².